The van der Waals surface area contributed by atoms with E-state index in [1.165, 1.54) is 35.4 Å². The molecule has 7 nitrogen and oxygen atoms in total. The van der Waals surface area contributed by atoms with E-state index in [-0.39, 0.29) is 13.0 Å². The van der Waals surface area contributed by atoms with Crippen molar-refractivity contribution in [3.05, 3.63) is 66.1 Å². The van der Waals surface area contributed by atoms with Gasteiger partial charge in [-0.25, -0.2) is 9.18 Å². The second-order valence-corrected chi connectivity index (χ2v) is 6.06. The highest BCUT2D eigenvalue weighted by Gasteiger charge is 2.20. The van der Waals surface area contributed by atoms with Crippen molar-refractivity contribution in [3.8, 4) is 0 Å². The molecule has 0 bridgehead atoms. The van der Waals surface area contributed by atoms with Crippen LogP contribution in [0.2, 0.25) is 0 Å². The molecule has 0 radical (unpaired) electrons. The molecule has 1 aromatic heterocycles. The summed E-state index contributed by atoms with van der Waals surface area (Å²) in [5.74, 6) is -2.26. The number of aromatic nitrogens is 1. The molecule has 28 heavy (non-hydrogen) atoms. The molecule has 3 N–H and O–H groups in total. The standard InChI is InChI=1S/C20H18FN3O4/c21-13-5-7-14(8-6-13)24(10-9-18(22)25)19(26)12-28-20(27)16-11-23-17-4-2-1-3-15(16)17/h1-8,11,23H,9-10,12H2,(H2,22,25). The molecular weight excluding hydrogens is 365 g/mol. The number of para-hydroxylation sites is 1. The monoisotopic (exact) mass is 383 g/mol. The Hall–Kier alpha value is -3.68. The van der Waals surface area contributed by atoms with Gasteiger partial charge in [0.05, 0.1) is 5.56 Å². The van der Waals surface area contributed by atoms with E-state index in [1.54, 1.807) is 12.1 Å². The number of rotatable bonds is 7. The predicted octanol–water partition coefficient (Wildman–Crippen LogP) is 2.37. The molecule has 2 amide bonds. The molecule has 0 aliphatic rings. The van der Waals surface area contributed by atoms with Crippen LogP contribution in [0.1, 0.15) is 16.8 Å². The minimum atomic E-state index is -0.653. The number of esters is 1. The first-order chi connectivity index (χ1) is 13.5. The number of nitrogens with one attached hydrogen (secondary N) is 1. The first-order valence-corrected chi connectivity index (χ1v) is 8.53. The van der Waals surface area contributed by atoms with Crippen molar-refractivity contribution >= 4 is 34.4 Å². The Bertz CT molecular complexity index is 1010. The number of fused-ring (bicyclic) bond motifs is 1. The maximum Gasteiger partial charge on any atom is 0.340 e. The highest BCUT2D eigenvalue weighted by molar-refractivity contribution is 6.05. The van der Waals surface area contributed by atoms with E-state index in [2.05, 4.69) is 4.98 Å². The molecule has 0 unspecified atom stereocenters. The number of carbonyl (C=O) groups is 3. The number of carbonyl (C=O) groups excluding carboxylic acids is 3. The van der Waals surface area contributed by atoms with Crippen LogP contribution in [0.15, 0.2) is 54.7 Å². The summed E-state index contributed by atoms with van der Waals surface area (Å²) in [7, 11) is 0. The zero-order valence-corrected chi connectivity index (χ0v) is 14.9. The van der Waals surface area contributed by atoms with Crippen molar-refractivity contribution in [3.63, 3.8) is 0 Å². The third-order valence-corrected chi connectivity index (χ3v) is 4.16. The number of benzene rings is 2. The molecule has 0 atom stereocenters. The van der Waals surface area contributed by atoms with Gasteiger partial charge in [0.25, 0.3) is 5.91 Å². The lowest BCUT2D eigenvalue weighted by Gasteiger charge is -2.22. The van der Waals surface area contributed by atoms with Crippen LogP contribution in [0, 0.1) is 5.82 Å². The third kappa shape index (κ3) is 4.35. The summed E-state index contributed by atoms with van der Waals surface area (Å²) in [5.41, 5.74) is 6.61. The molecule has 0 spiro atoms. The Kier molecular flexibility index (Phi) is 5.69. The van der Waals surface area contributed by atoms with Crippen molar-refractivity contribution < 1.29 is 23.5 Å². The maximum absolute atomic E-state index is 13.2. The predicted molar refractivity (Wildman–Crippen MR) is 101 cm³/mol. The molecule has 8 heteroatoms. The Labute approximate surface area is 159 Å². The molecule has 1 heterocycles. The van der Waals surface area contributed by atoms with E-state index >= 15 is 0 Å². The van der Waals surface area contributed by atoms with Gasteiger partial charge in [0.1, 0.15) is 5.82 Å². The Morgan fingerprint density at radius 1 is 1.07 bits per heavy atom. The van der Waals surface area contributed by atoms with E-state index in [0.717, 1.165) is 5.52 Å². The van der Waals surface area contributed by atoms with Crippen molar-refractivity contribution in [1.82, 2.24) is 4.98 Å². The second-order valence-electron chi connectivity index (χ2n) is 6.06. The van der Waals surface area contributed by atoms with Gasteiger partial charge in [-0.1, -0.05) is 18.2 Å². The van der Waals surface area contributed by atoms with E-state index in [0.29, 0.717) is 16.6 Å². The molecule has 2 aromatic carbocycles. The van der Waals surface area contributed by atoms with Crippen LogP contribution in [-0.4, -0.2) is 35.9 Å². The molecule has 0 aliphatic heterocycles. The summed E-state index contributed by atoms with van der Waals surface area (Å²) in [5, 5.41) is 0.684. The normalized spacial score (nSPS) is 10.6. The number of hydrogen-bond donors (Lipinski definition) is 2. The van der Waals surface area contributed by atoms with Crippen molar-refractivity contribution in [2.24, 2.45) is 5.73 Å². The zero-order valence-electron chi connectivity index (χ0n) is 14.9. The van der Waals surface area contributed by atoms with Crippen LogP contribution in [0.4, 0.5) is 10.1 Å². The lowest BCUT2D eigenvalue weighted by atomic mass is 10.2. The number of halogens is 1. The minimum absolute atomic E-state index is 0.00949. The van der Waals surface area contributed by atoms with Crippen LogP contribution >= 0.6 is 0 Å². The lowest BCUT2D eigenvalue weighted by molar-refractivity contribution is -0.121. The van der Waals surface area contributed by atoms with Gasteiger partial charge in [-0.3, -0.25) is 9.59 Å². The molecule has 144 valence electrons. The molecular formula is C20H18FN3O4. The van der Waals surface area contributed by atoms with Crippen LogP contribution in [0.5, 0.6) is 0 Å². The number of amides is 2. The van der Waals surface area contributed by atoms with Crippen LogP contribution < -0.4 is 10.6 Å². The van der Waals surface area contributed by atoms with Gasteiger partial charge >= 0.3 is 5.97 Å². The minimum Gasteiger partial charge on any atom is -0.452 e. The number of nitrogens with zero attached hydrogens (tertiary/aromatic N) is 1. The maximum atomic E-state index is 13.2. The number of primary amides is 1. The summed E-state index contributed by atoms with van der Waals surface area (Å²) in [6.45, 7) is -0.543. The Morgan fingerprint density at radius 3 is 2.50 bits per heavy atom. The first-order valence-electron chi connectivity index (χ1n) is 8.53. The fourth-order valence-electron chi connectivity index (χ4n) is 2.76. The number of ether oxygens (including phenoxy) is 1. The molecule has 3 rings (SSSR count). The van der Waals surface area contributed by atoms with E-state index < -0.39 is 30.2 Å². The summed E-state index contributed by atoms with van der Waals surface area (Å²) < 4.78 is 18.3. The van der Waals surface area contributed by atoms with Crippen molar-refractivity contribution in [2.45, 2.75) is 6.42 Å². The molecule has 0 saturated carbocycles. The fraction of sp³-hybridized carbons (Fsp3) is 0.150. The van der Waals surface area contributed by atoms with Crippen LogP contribution in [0.25, 0.3) is 10.9 Å². The molecule has 0 fully saturated rings. The lowest BCUT2D eigenvalue weighted by Crippen LogP contribution is -2.37. The third-order valence-electron chi connectivity index (χ3n) is 4.16. The summed E-state index contributed by atoms with van der Waals surface area (Å²) in [6.07, 6.45) is 1.43. The van der Waals surface area contributed by atoms with Crippen molar-refractivity contribution in [2.75, 3.05) is 18.1 Å². The Balaban J connectivity index is 1.71. The van der Waals surface area contributed by atoms with Crippen LogP contribution in [-0.2, 0) is 14.3 Å². The van der Waals surface area contributed by atoms with Gasteiger partial charge in [-0.15, -0.1) is 0 Å². The fourth-order valence-corrected chi connectivity index (χ4v) is 2.76. The van der Waals surface area contributed by atoms with Gasteiger partial charge in [-0.05, 0) is 30.3 Å². The largest absolute Gasteiger partial charge is 0.452 e. The molecule has 0 aliphatic carbocycles. The SMILES string of the molecule is NC(=O)CCN(C(=O)COC(=O)c1c[nH]c2ccccc12)c1ccc(F)cc1. The summed E-state index contributed by atoms with van der Waals surface area (Å²) in [4.78, 5) is 40.2. The smallest absolute Gasteiger partial charge is 0.340 e. The number of hydrogen-bond acceptors (Lipinski definition) is 4. The number of anilines is 1. The van der Waals surface area contributed by atoms with E-state index in [4.69, 9.17) is 10.5 Å². The van der Waals surface area contributed by atoms with Crippen molar-refractivity contribution in [1.29, 1.82) is 0 Å². The molecule has 3 aromatic rings. The van der Waals surface area contributed by atoms with E-state index in [9.17, 15) is 18.8 Å². The quantitative estimate of drug-likeness (QED) is 0.611. The summed E-state index contributed by atoms with van der Waals surface area (Å²) >= 11 is 0. The van der Waals surface area contributed by atoms with E-state index in [1.807, 2.05) is 12.1 Å². The zero-order chi connectivity index (χ0) is 20.1. The van der Waals surface area contributed by atoms with Gasteiger partial charge in [-0.2, -0.15) is 0 Å². The number of H-pyrrole nitrogens is 1. The van der Waals surface area contributed by atoms with Crippen LogP contribution in [0.3, 0.4) is 0 Å². The molecule has 0 saturated heterocycles. The first kappa shape index (κ1) is 19.1. The van der Waals surface area contributed by atoms with Gasteiger partial charge in [0.2, 0.25) is 5.91 Å². The number of nitrogens with two attached hydrogens (primary N) is 1. The number of aromatic amines is 1. The average Bonchev–Trinajstić information content (AvgIpc) is 3.11. The van der Waals surface area contributed by atoms with Gasteiger partial charge in [0, 0.05) is 35.8 Å². The van der Waals surface area contributed by atoms with Gasteiger partial charge < -0.3 is 20.4 Å². The highest BCUT2D eigenvalue weighted by atomic mass is 19.1. The summed E-state index contributed by atoms with van der Waals surface area (Å²) in [6, 6.07) is 12.4. The topological polar surface area (TPSA) is 105 Å². The average molecular weight is 383 g/mol. The second kappa shape index (κ2) is 8.34. The van der Waals surface area contributed by atoms with Gasteiger partial charge in [0.15, 0.2) is 6.61 Å². The Morgan fingerprint density at radius 2 is 1.79 bits per heavy atom. The highest BCUT2D eigenvalue weighted by Crippen LogP contribution is 2.19.